The maximum Gasteiger partial charge on any atom is 0.134 e. The van der Waals surface area contributed by atoms with Gasteiger partial charge in [-0.05, 0) is 43.7 Å². The van der Waals surface area contributed by atoms with E-state index in [2.05, 4.69) is 25.2 Å². The summed E-state index contributed by atoms with van der Waals surface area (Å²) in [6.07, 6.45) is 3.23. The third-order valence-corrected chi connectivity index (χ3v) is 3.49. The molecule has 0 fully saturated rings. The van der Waals surface area contributed by atoms with Crippen LogP contribution in [0.3, 0.4) is 0 Å². The minimum absolute atomic E-state index is 0.576. The molecule has 1 aromatic heterocycles. The van der Waals surface area contributed by atoms with Gasteiger partial charge in [0.2, 0.25) is 0 Å². The third-order valence-electron chi connectivity index (χ3n) is 3.25. The molecule has 0 spiro atoms. The first kappa shape index (κ1) is 13.4. The second-order valence-electron chi connectivity index (χ2n) is 4.60. The van der Waals surface area contributed by atoms with Crippen molar-refractivity contribution in [3.8, 4) is 0 Å². The Morgan fingerprint density at radius 1 is 1.28 bits per heavy atom. The second kappa shape index (κ2) is 6.26. The summed E-state index contributed by atoms with van der Waals surface area (Å²) >= 11 is 5.97. The molecule has 0 saturated heterocycles. The van der Waals surface area contributed by atoms with Crippen molar-refractivity contribution in [1.82, 2.24) is 5.32 Å². The molecular weight excluding hydrogens is 246 g/mol. The molecule has 98 valence electrons. The molecule has 0 aliphatic rings. The largest absolute Gasteiger partial charge is 0.461 e. The highest BCUT2D eigenvalue weighted by atomic mass is 35.5. The Balaban J connectivity index is 2.03. The van der Waals surface area contributed by atoms with Crippen LogP contribution >= 0.6 is 11.6 Å². The Labute approximate surface area is 113 Å². The van der Waals surface area contributed by atoms with Gasteiger partial charge in [0.1, 0.15) is 11.3 Å². The number of fused-ring (bicyclic) bond motifs is 1. The van der Waals surface area contributed by atoms with E-state index in [-0.39, 0.29) is 0 Å². The minimum Gasteiger partial charge on any atom is -0.461 e. The summed E-state index contributed by atoms with van der Waals surface area (Å²) in [5, 5.41) is 5.33. The first-order chi connectivity index (χ1) is 8.72. The number of hydrogen-bond acceptors (Lipinski definition) is 2. The lowest BCUT2D eigenvalue weighted by atomic mass is 10.1. The van der Waals surface area contributed by atoms with Gasteiger partial charge < -0.3 is 9.73 Å². The number of aryl methyl sites for hydroxylation is 1. The lowest BCUT2D eigenvalue weighted by Crippen LogP contribution is -2.28. The van der Waals surface area contributed by atoms with Gasteiger partial charge in [0, 0.05) is 22.9 Å². The van der Waals surface area contributed by atoms with E-state index >= 15 is 0 Å². The fourth-order valence-corrected chi connectivity index (χ4v) is 2.43. The van der Waals surface area contributed by atoms with Crippen molar-refractivity contribution in [2.24, 2.45) is 0 Å². The van der Waals surface area contributed by atoms with Crippen LogP contribution in [0.4, 0.5) is 0 Å². The van der Waals surface area contributed by atoms with Crippen molar-refractivity contribution in [3.63, 3.8) is 0 Å². The van der Waals surface area contributed by atoms with Crippen LogP contribution in [-0.4, -0.2) is 12.6 Å². The molecule has 1 unspecified atom stereocenters. The summed E-state index contributed by atoms with van der Waals surface area (Å²) < 4.78 is 5.81. The van der Waals surface area contributed by atoms with Gasteiger partial charge in [-0.25, -0.2) is 0 Å². The molecule has 0 aliphatic heterocycles. The van der Waals surface area contributed by atoms with Crippen LogP contribution < -0.4 is 5.32 Å². The quantitative estimate of drug-likeness (QED) is 0.837. The number of nitrogens with one attached hydrogen (secondary N) is 1. The third kappa shape index (κ3) is 3.27. The zero-order valence-corrected chi connectivity index (χ0v) is 11.8. The zero-order valence-electron chi connectivity index (χ0n) is 11.0. The molecule has 1 heterocycles. The maximum absolute atomic E-state index is 5.97. The molecular formula is C15H20ClNO. The molecule has 18 heavy (non-hydrogen) atoms. The van der Waals surface area contributed by atoms with Crippen LogP contribution in [0, 0.1) is 0 Å². The van der Waals surface area contributed by atoms with Crippen molar-refractivity contribution in [2.75, 3.05) is 6.54 Å². The lowest BCUT2D eigenvalue weighted by molar-refractivity contribution is 0.452. The number of furan rings is 1. The van der Waals surface area contributed by atoms with Gasteiger partial charge in [0.15, 0.2) is 0 Å². The highest BCUT2D eigenvalue weighted by molar-refractivity contribution is 6.31. The molecule has 1 N–H and O–H groups in total. The van der Waals surface area contributed by atoms with Crippen molar-refractivity contribution in [2.45, 2.75) is 39.2 Å². The maximum atomic E-state index is 5.97. The van der Waals surface area contributed by atoms with Gasteiger partial charge in [-0.15, -0.1) is 0 Å². The molecule has 0 saturated carbocycles. The monoisotopic (exact) mass is 265 g/mol. The summed E-state index contributed by atoms with van der Waals surface area (Å²) in [5.41, 5.74) is 0.922. The summed E-state index contributed by atoms with van der Waals surface area (Å²) in [4.78, 5) is 0. The Kier molecular flexibility index (Phi) is 4.67. The van der Waals surface area contributed by atoms with E-state index in [9.17, 15) is 0 Å². The first-order valence-corrected chi connectivity index (χ1v) is 7.02. The van der Waals surface area contributed by atoms with Crippen LogP contribution in [-0.2, 0) is 6.42 Å². The number of hydrogen-bond donors (Lipinski definition) is 1. The van der Waals surface area contributed by atoms with Gasteiger partial charge >= 0.3 is 0 Å². The molecule has 1 atom stereocenters. The summed E-state index contributed by atoms with van der Waals surface area (Å²) in [7, 11) is 0. The van der Waals surface area contributed by atoms with Crippen LogP contribution in [0.5, 0.6) is 0 Å². The smallest absolute Gasteiger partial charge is 0.134 e. The molecule has 0 amide bonds. The van der Waals surface area contributed by atoms with E-state index in [1.807, 2.05) is 18.2 Å². The minimum atomic E-state index is 0.576. The topological polar surface area (TPSA) is 25.2 Å². The Morgan fingerprint density at radius 3 is 2.83 bits per heavy atom. The molecule has 1 aromatic carbocycles. The Bertz CT molecular complexity index is 506. The summed E-state index contributed by atoms with van der Waals surface area (Å²) in [6, 6.07) is 8.42. The fraction of sp³-hybridized carbons (Fsp3) is 0.467. The normalized spacial score (nSPS) is 13.1. The van der Waals surface area contributed by atoms with E-state index in [0.29, 0.717) is 6.04 Å². The molecule has 0 radical (unpaired) electrons. The predicted octanol–water partition coefficient (Wildman–Crippen LogP) is 4.41. The van der Waals surface area contributed by atoms with Crippen LogP contribution in [0.2, 0.25) is 5.02 Å². The van der Waals surface area contributed by atoms with Gasteiger partial charge in [-0.2, -0.15) is 0 Å². The Morgan fingerprint density at radius 2 is 2.11 bits per heavy atom. The second-order valence-corrected chi connectivity index (χ2v) is 5.03. The highest BCUT2D eigenvalue weighted by Crippen LogP contribution is 2.24. The molecule has 2 aromatic rings. The number of rotatable bonds is 6. The standard InChI is InChI=1S/C15H20ClNO/c1-3-13(17-4-2)6-7-14-10-11-9-12(16)5-8-15(11)18-14/h5,8-10,13,17H,3-4,6-7H2,1-2H3. The average molecular weight is 266 g/mol. The van der Waals surface area contributed by atoms with Gasteiger partial charge in [-0.1, -0.05) is 25.4 Å². The first-order valence-electron chi connectivity index (χ1n) is 6.64. The van der Waals surface area contributed by atoms with Crippen molar-refractivity contribution >= 4 is 22.6 Å². The van der Waals surface area contributed by atoms with Gasteiger partial charge in [-0.3, -0.25) is 0 Å². The number of halogens is 1. The fourth-order valence-electron chi connectivity index (χ4n) is 2.25. The van der Waals surface area contributed by atoms with E-state index in [1.165, 1.54) is 0 Å². The zero-order chi connectivity index (χ0) is 13.0. The van der Waals surface area contributed by atoms with Crippen LogP contribution in [0.1, 0.15) is 32.4 Å². The van der Waals surface area contributed by atoms with E-state index < -0.39 is 0 Å². The molecule has 0 bridgehead atoms. The van der Waals surface area contributed by atoms with Crippen molar-refractivity contribution in [3.05, 3.63) is 35.0 Å². The van der Waals surface area contributed by atoms with Gasteiger partial charge in [0.25, 0.3) is 0 Å². The highest BCUT2D eigenvalue weighted by Gasteiger charge is 2.08. The molecule has 0 aliphatic carbocycles. The Hall–Kier alpha value is -0.990. The van der Waals surface area contributed by atoms with Crippen LogP contribution in [0.15, 0.2) is 28.7 Å². The van der Waals surface area contributed by atoms with E-state index in [0.717, 1.165) is 47.6 Å². The van der Waals surface area contributed by atoms with Crippen molar-refractivity contribution in [1.29, 1.82) is 0 Å². The average Bonchev–Trinajstić information content (AvgIpc) is 2.76. The molecule has 2 nitrogen and oxygen atoms in total. The molecule has 2 rings (SSSR count). The van der Waals surface area contributed by atoms with E-state index in [1.54, 1.807) is 0 Å². The lowest BCUT2D eigenvalue weighted by Gasteiger charge is -2.14. The predicted molar refractivity (Wildman–Crippen MR) is 77.3 cm³/mol. The van der Waals surface area contributed by atoms with Gasteiger partial charge in [0.05, 0.1) is 0 Å². The summed E-state index contributed by atoms with van der Waals surface area (Å²) in [6.45, 7) is 5.38. The SMILES string of the molecule is CCNC(CC)CCc1cc2cc(Cl)ccc2o1. The number of benzene rings is 1. The van der Waals surface area contributed by atoms with Crippen molar-refractivity contribution < 1.29 is 4.42 Å². The summed E-state index contributed by atoms with van der Waals surface area (Å²) in [5.74, 6) is 1.05. The molecule has 3 heteroatoms. The van der Waals surface area contributed by atoms with Crippen LogP contribution in [0.25, 0.3) is 11.0 Å². The van der Waals surface area contributed by atoms with E-state index in [4.69, 9.17) is 16.0 Å².